The number of hydrogen-bond acceptors (Lipinski definition) is 3. The molecular weight excluding hydrogens is 411 g/mol. The van der Waals surface area contributed by atoms with E-state index in [-0.39, 0.29) is 23.8 Å². The molecule has 0 amide bonds. The zero-order valence-electron chi connectivity index (χ0n) is 15.2. The molecule has 0 spiro atoms. The Morgan fingerprint density at radius 2 is 2.07 bits per heavy atom. The minimum Gasteiger partial charge on any atom is -0.485 e. The Bertz CT molecular complexity index is 863. The molecule has 1 fully saturated rings. The van der Waals surface area contributed by atoms with Gasteiger partial charge in [0.2, 0.25) is 0 Å². The van der Waals surface area contributed by atoms with Gasteiger partial charge in [-0.2, -0.15) is 0 Å². The lowest BCUT2D eigenvalue weighted by Crippen LogP contribution is -2.17. The molecule has 3 nitrogen and oxygen atoms in total. The molecular formula is C22H22BrFO3. The van der Waals surface area contributed by atoms with Crippen molar-refractivity contribution in [2.24, 2.45) is 5.92 Å². The van der Waals surface area contributed by atoms with E-state index in [0.29, 0.717) is 17.9 Å². The van der Waals surface area contributed by atoms with Gasteiger partial charge in [0.25, 0.3) is 0 Å². The predicted octanol–water partition coefficient (Wildman–Crippen LogP) is 5.71. The molecule has 5 heteroatoms. The van der Waals surface area contributed by atoms with Gasteiger partial charge >= 0.3 is 5.97 Å². The maximum Gasteiger partial charge on any atom is 0.306 e. The highest BCUT2D eigenvalue weighted by Gasteiger charge is 2.35. The van der Waals surface area contributed by atoms with Crippen molar-refractivity contribution in [1.82, 2.24) is 0 Å². The maximum absolute atomic E-state index is 14.4. The van der Waals surface area contributed by atoms with Crippen molar-refractivity contribution in [1.29, 1.82) is 0 Å². The number of carbonyl (C=O) groups is 1. The van der Waals surface area contributed by atoms with E-state index in [1.54, 1.807) is 6.07 Å². The van der Waals surface area contributed by atoms with Crippen LogP contribution in [0.5, 0.6) is 5.75 Å². The van der Waals surface area contributed by atoms with Crippen LogP contribution in [0.2, 0.25) is 0 Å². The standard InChI is InChI=1S/C22H22BrFO3/c1-26-22(25)12-18(13-2-3-13)15-5-4-14-6-9-20(27-21(14)10-15)17-8-7-16(23)11-19(17)24/h4-5,7-8,10-11,13,18,20H,2-3,6,9,12H2,1H3/t18-,20?/m0/s1. The number of rotatable bonds is 5. The fourth-order valence-corrected chi connectivity index (χ4v) is 4.25. The quantitative estimate of drug-likeness (QED) is 0.567. The van der Waals surface area contributed by atoms with Gasteiger partial charge in [-0.3, -0.25) is 4.79 Å². The smallest absolute Gasteiger partial charge is 0.306 e. The van der Waals surface area contributed by atoms with Gasteiger partial charge in [-0.15, -0.1) is 0 Å². The number of fused-ring (bicyclic) bond motifs is 1. The number of ether oxygens (including phenoxy) is 2. The van der Waals surface area contributed by atoms with Crippen molar-refractivity contribution >= 4 is 21.9 Å². The number of carbonyl (C=O) groups excluding carboxylic acids is 1. The summed E-state index contributed by atoms with van der Waals surface area (Å²) >= 11 is 3.30. The monoisotopic (exact) mass is 432 g/mol. The molecule has 2 aromatic rings. The molecule has 0 aromatic heterocycles. The third-order valence-electron chi connectivity index (χ3n) is 5.58. The fraction of sp³-hybridized carbons (Fsp3) is 0.409. The van der Waals surface area contributed by atoms with E-state index in [9.17, 15) is 9.18 Å². The fourth-order valence-electron chi connectivity index (χ4n) is 3.92. The first kappa shape index (κ1) is 18.5. The number of aryl methyl sites for hydroxylation is 1. The average molecular weight is 433 g/mol. The summed E-state index contributed by atoms with van der Waals surface area (Å²) < 4.78 is 26.1. The molecule has 4 rings (SSSR count). The predicted molar refractivity (Wildman–Crippen MR) is 104 cm³/mol. The lowest BCUT2D eigenvalue weighted by atomic mass is 9.88. The van der Waals surface area contributed by atoms with Gasteiger partial charge in [0.05, 0.1) is 13.5 Å². The Balaban J connectivity index is 1.59. The van der Waals surface area contributed by atoms with Gasteiger partial charge in [0.15, 0.2) is 0 Å². The Labute approximate surface area is 167 Å². The first-order chi connectivity index (χ1) is 13.0. The van der Waals surface area contributed by atoms with Crippen LogP contribution in [0, 0.1) is 11.7 Å². The second kappa shape index (κ2) is 7.63. The second-order valence-corrected chi connectivity index (χ2v) is 8.32. The molecule has 0 bridgehead atoms. The Kier molecular flexibility index (Phi) is 5.22. The van der Waals surface area contributed by atoms with Crippen molar-refractivity contribution in [2.75, 3.05) is 7.11 Å². The summed E-state index contributed by atoms with van der Waals surface area (Å²) in [7, 11) is 1.43. The molecule has 1 aliphatic carbocycles. The summed E-state index contributed by atoms with van der Waals surface area (Å²) in [5.41, 5.74) is 2.83. The van der Waals surface area contributed by atoms with Gasteiger partial charge in [0.1, 0.15) is 17.7 Å². The van der Waals surface area contributed by atoms with Gasteiger partial charge in [-0.1, -0.05) is 34.1 Å². The molecule has 2 aromatic carbocycles. The summed E-state index contributed by atoms with van der Waals surface area (Å²) in [6.07, 6.45) is 3.99. The van der Waals surface area contributed by atoms with Crippen LogP contribution in [0.25, 0.3) is 0 Å². The van der Waals surface area contributed by atoms with E-state index in [1.165, 1.54) is 13.2 Å². The molecule has 0 N–H and O–H groups in total. The SMILES string of the molecule is COC(=O)C[C@H](c1ccc2c(c1)OC(c1ccc(Br)cc1F)CC2)C1CC1. The van der Waals surface area contributed by atoms with E-state index >= 15 is 0 Å². The second-order valence-electron chi connectivity index (χ2n) is 7.40. The van der Waals surface area contributed by atoms with Crippen LogP contribution >= 0.6 is 15.9 Å². The molecule has 1 unspecified atom stereocenters. The van der Waals surface area contributed by atoms with Crippen LogP contribution in [0.4, 0.5) is 4.39 Å². The highest BCUT2D eigenvalue weighted by Crippen LogP contribution is 2.46. The highest BCUT2D eigenvalue weighted by atomic mass is 79.9. The van der Waals surface area contributed by atoms with Crippen LogP contribution in [0.15, 0.2) is 40.9 Å². The van der Waals surface area contributed by atoms with Crippen LogP contribution in [0.1, 0.15) is 54.4 Å². The molecule has 27 heavy (non-hydrogen) atoms. The largest absolute Gasteiger partial charge is 0.485 e. The highest BCUT2D eigenvalue weighted by molar-refractivity contribution is 9.10. The number of methoxy groups -OCH3 is 1. The summed E-state index contributed by atoms with van der Waals surface area (Å²) in [4.78, 5) is 11.8. The molecule has 1 aliphatic heterocycles. The zero-order valence-corrected chi connectivity index (χ0v) is 16.8. The molecule has 0 saturated heterocycles. The van der Waals surface area contributed by atoms with Crippen LogP contribution in [0.3, 0.4) is 0 Å². The van der Waals surface area contributed by atoms with E-state index in [4.69, 9.17) is 9.47 Å². The van der Waals surface area contributed by atoms with E-state index < -0.39 is 0 Å². The topological polar surface area (TPSA) is 35.5 Å². The van der Waals surface area contributed by atoms with E-state index in [2.05, 4.69) is 28.1 Å². The van der Waals surface area contributed by atoms with Crippen molar-refractivity contribution in [3.63, 3.8) is 0 Å². The summed E-state index contributed by atoms with van der Waals surface area (Å²) in [6.45, 7) is 0. The number of hydrogen-bond donors (Lipinski definition) is 0. The minimum atomic E-state index is -0.291. The Hall–Kier alpha value is -1.88. The van der Waals surface area contributed by atoms with Crippen molar-refractivity contribution in [3.05, 3.63) is 63.4 Å². The lowest BCUT2D eigenvalue weighted by Gasteiger charge is -2.28. The van der Waals surface area contributed by atoms with Crippen molar-refractivity contribution in [3.8, 4) is 5.75 Å². The summed E-state index contributed by atoms with van der Waals surface area (Å²) in [6, 6.07) is 11.3. The summed E-state index contributed by atoms with van der Waals surface area (Å²) in [5, 5.41) is 0. The molecule has 2 aliphatic rings. The Morgan fingerprint density at radius 3 is 2.78 bits per heavy atom. The third-order valence-corrected chi connectivity index (χ3v) is 6.07. The van der Waals surface area contributed by atoms with Crippen molar-refractivity contribution < 1.29 is 18.7 Å². The molecule has 1 saturated carbocycles. The molecule has 0 radical (unpaired) electrons. The first-order valence-corrected chi connectivity index (χ1v) is 10.2. The van der Waals surface area contributed by atoms with Gasteiger partial charge in [-0.05, 0) is 66.8 Å². The third kappa shape index (κ3) is 4.03. The van der Waals surface area contributed by atoms with Crippen molar-refractivity contribution in [2.45, 2.75) is 44.1 Å². The lowest BCUT2D eigenvalue weighted by molar-refractivity contribution is -0.141. The average Bonchev–Trinajstić information content (AvgIpc) is 3.50. The number of halogens is 2. The molecule has 1 heterocycles. The molecule has 142 valence electrons. The number of benzene rings is 2. The number of esters is 1. The van der Waals surface area contributed by atoms with Crippen LogP contribution < -0.4 is 4.74 Å². The van der Waals surface area contributed by atoms with Gasteiger partial charge in [-0.25, -0.2) is 4.39 Å². The van der Waals surface area contributed by atoms with Gasteiger partial charge in [0, 0.05) is 10.0 Å². The molecule has 2 atom stereocenters. The first-order valence-electron chi connectivity index (χ1n) is 9.36. The van der Waals surface area contributed by atoms with E-state index in [0.717, 1.165) is 47.0 Å². The van der Waals surface area contributed by atoms with Crippen LogP contribution in [-0.2, 0) is 16.0 Å². The summed E-state index contributed by atoms with van der Waals surface area (Å²) in [5.74, 6) is 1.07. The normalized spacial score (nSPS) is 19.7. The zero-order chi connectivity index (χ0) is 19.0. The van der Waals surface area contributed by atoms with Crippen LogP contribution in [-0.4, -0.2) is 13.1 Å². The van der Waals surface area contributed by atoms with E-state index in [1.807, 2.05) is 12.1 Å². The minimum absolute atomic E-state index is 0.163. The maximum atomic E-state index is 14.4. The Morgan fingerprint density at radius 1 is 1.26 bits per heavy atom. The van der Waals surface area contributed by atoms with Gasteiger partial charge < -0.3 is 9.47 Å².